The minimum Gasteiger partial charge on any atom is -0.426 e. The fraction of sp³-hybridized carbons (Fsp3) is 0.167. The summed E-state index contributed by atoms with van der Waals surface area (Å²) in [5, 5.41) is 0. The molecule has 0 aromatic heterocycles. The van der Waals surface area contributed by atoms with Crippen LogP contribution in [0.25, 0.3) is 0 Å². The van der Waals surface area contributed by atoms with Crippen LogP contribution in [0.15, 0.2) is 42.7 Å². The van der Waals surface area contributed by atoms with Crippen molar-refractivity contribution >= 4 is 5.97 Å². The van der Waals surface area contributed by atoms with Crippen molar-refractivity contribution < 1.29 is 9.53 Å². The lowest BCUT2D eigenvalue weighted by atomic mass is 10.1. The summed E-state index contributed by atoms with van der Waals surface area (Å²) in [7, 11) is 0. The Morgan fingerprint density at radius 1 is 1.57 bits per heavy atom. The minimum atomic E-state index is -0.306. The first-order valence-electron chi connectivity index (χ1n) is 4.34. The second kappa shape index (κ2) is 5.05. The summed E-state index contributed by atoms with van der Waals surface area (Å²) >= 11 is 0. The standard InChI is InChI=1S/C12H12O2/c1-3-4-7-11-8-5-6-9-12(11)14-10(2)13/h4-6,8-9H,1,7H2,2H3. The number of ether oxygens (including phenoxy) is 1. The van der Waals surface area contributed by atoms with Crippen molar-refractivity contribution in [2.75, 3.05) is 0 Å². The van der Waals surface area contributed by atoms with E-state index in [0.717, 1.165) is 5.56 Å². The highest BCUT2D eigenvalue weighted by atomic mass is 16.5. The average Bonchev–Trinajstić information content (AvgIpc) is 2.16. The summed E-state index contributed by atoms with van der Waals surface area (Å²) in [4.78, 5) is 10.8. The van der Waals surface area contributed by atoms with Crippen LogP contribution in [0.4, 0.5) is 0 Å². The van der Waals surface area contributed by atoms with Crippen molar-refractivity contribution in [3.63, 3.8) is 0 Å². The molecule has 0 fully saturated rings. The third-order valence-electron chi connectivity index (χ3n) is 1.69. The smallest absolute Gasteiger partial charge is 0.308 e. The van der Waals surface area contributed by atoms with Gasteiger partial charge in [0.25, 0.3) is 0 Å². The fourth-order valence-corrected chi connectivity index (χ4v) is 1.11. The van der Waals surface area contributed by atoms with Crippen LogP contribution in [0.2, 0.25) is 0 Å². The van der Waals surface area contributed by atoms with E-state index in [9.17, 15) is 4.79 Å². The van der Waals surface area contributed by atoms with Gasteiger partial charge < -0.3 is 4.74 Å². The molecule has 0 bridgehead atoms. The SMILES string of the molecule is C=C=CCc1ccccc1OC(C)=O. The number of benzene rings is 1. The van der Waals surface area contributed by atoms with Gasteiger partial charge in [0.05, 0.1) is 0 Å². The molecule has 0 saturated heterocycles. The Morgan fingerprint density at radius 2 is 2.29 bits per heavy atom. The number of allylic oxidation sites excluding steroid dienone is 1. The van der Waals surface area contributed by atoms with E-state index in [-0.39, 0.29) is 5.97 Å². The lowest BCUT2D eigenvalue weighted by Gasteiger charge is -2.05. The van der Waals surface area contributed by atoms with Crippen LogP contribution in [-0.2, 0) is 11.2 Å². The first-order chi connectivity index (χ1) is 6.74. The zero-order valence-corrected chi connectivity index (χ0v) is 8.12. The molecule has 1 aromatic rings. The Bertz CT molecular complexity index is 351. The number of esters is 1. The molecular formula is C12H12O2. The Morgan fingerprint density at radius 3 is 2.93 bits per heavy atom. The van der Waals surface area contributed by atoms with Crippen LogP contribution < -0.4 is 4.74 Å². The van der Waals surface area contributed by atoms with Crippen molar-refractivity contribution in [2.24, 2.45) is 0 Å². The molecule has 0 aliphatic rings. The van der Waals surface area contributed by atoms with Crippen molar-refractivity contribution in [3.8, 4) is 5.75 Å². The summed E-state index contributed by atoms with van der Waals surface area (Å²) in [6.07, 6.45) is 2.47. The third-order valence-corrected chi connectivity index (χ3v) is 1.69. The summed E-state index contributed by atoms with van der Waals surface area (Å²) in [6.45, 7) is 4.87. The Labute approximate surface area is 83.5 Å². The Hall–Kier alpha value is -1.79. The van der Waals surface area contributed by atoms with Gasteiger partial charge in [0.2, 0.25) is 0 Å². The third kappa shape index (κ3) is 2.92. The van der Waals surface area contributed by atoms with E-state index in [1.165, 1.54) is 6.92 Å². The van der Waals surface area contributed by atoms with Gasteiger partial charge in [-0.1, -0.05) is 24.8 Å². The molecule has 2 heteroatoms. The number of hydrogen-bond donors (Lipinski definition) is 0. The molecule has 72 valence electrons. The number of carbonyl (C=O) groups is 1. The normalized spacial score (nSPS) is 8.93. The first-order valence-corrected chi connectivity index (χ1v) is 4.34. The van der Waals surface area contributed by atoms with E-state index < -0.39 is 0 Å². The molecule has 0 heterocycles. The molecule has 14 heavy (non-hydrogen) atoms. The van der Waals surface area contributed by atoms with E-state index in [0.29, 0.717) is 12.2 Å². The highest BCUT2D eigenvalue weighted by molar-refractivity contribution is 5.69. The van der Waals surface area contributed by atoms with Gasteiger partial charge in [0.1, 0.15) is 5.75 Å². The van der Waals surface area contributed by atoms with Crippen molar-refractivity contribution in [2.45, 2.75) is 13.3 Å². The van der Waals surface area contributed by atoms with Crippen molar-refractivity contribution in [3.05, 3.63) is 48.2 Å². The maximum Gasteiger partial charge on any atom is 0.308 e. The van der Waals surface area contributed by atoms with Gasteiger partial charge >= 0.3 is 5.97 Å². The first kappa shape index (κ1) is 10.3. The Balaban J connectivity index is 2.90. The lowest BCUT2D eigenvalue weighted by molar-refractivity contribution is -0.131. The van der Waals surface area contributed by atoms with Crippen LogP contribution in [0, 0.1) is 0 Å². The largest absolute Gasteiger partial charge is 0.426 e. The number of carbonyl (C=O) groups excluding carboxylic acids is 1. The van der Waals surface area contributed by atoms with Crippen molar-refractivity contribution in [1.29, 1.82) is 0 Å². The monoisotopic (exact) mass is 188 g/mol. The number of hydrogen-bond acceptors (Lipinski definition) is 2. The molecule has 0 aliphatic carbocycles. The van der Waals surface area contributed by atoms with Crippen LogP contribution in [0.3, 0.4) is 0 Å². The molecule has 1 aromatic carbocycles. The molecule has 0 unspecified atom stereocenters. The van der Waals surface area contributed by atoms with Gasteiger partial charge in [-0.05, 0) is 17.7 Å². The lowest BCUT2D eigenvalue weighted by Crippen LogP contribution is -2.03. The summed E-state index contributed by atoms with van der Waals surface area (Å²) in [5.41, 5.74) is 3.64. The van der Waals surface area contributed by atoms with Crippen LogP contribution >= 0.6 is 0 Å². The van der Waals surface area contributed by atoms with Crippen LogP contribution in [-0.4, -0.2) is 5.97 Å². The zero-order valence-electron chi connectivity index (χ0n) is 8.12. The molecule has 0 N–H and O–H groups in total. The van der Waals surface area contributed by atoms with E-state index in [4.69, 9.17) is 4.74 Å². The topological polar surface area (TPSA) is 26.3 Å². The molecule has 0 spiro atoms. The van der Waals surface area contributed by atoms with Gasteiger partial charge in [-0.3, -0.25) is 4.79 Å². The molecular weight excluding hydrogens is 176 g/mol. The quantitative estimate of drug-likeness (QED) is 0.414. The summed E-state index contributed by atoms with van der Waals surface area (Å²) in [5.74, 6) is 0.298. The maximum absolute atomic E-state index is 10.8. The predicted molar refractivity (Wildman–Crippen MR) is 55.2 cm³/mol. The number of para-hydroxylation sites is 1. The van der Waals surface area contributed by atoms with Gasteiger partial charge in [0, 0.05) is 13.3 Å². The average molecular weight is 188 g/mol. The fourth-order valence-electron chi connectivity index (χ4n) is 1.11. The maximum atomic E-state index is 10.8. The Kier molecular flexibility index (Phi) is 3.71. The van der Waals surface area contributed by atoms with Gasteiger partial charge in [-0.15, -0.1) is 5.73 Å². The van der Waals surface area contributed by atoms with E-state index >= 15 is 0 Å². The van der Waals surface area contributed by atoms with Gasteiger partial charge in [-0.2, -0.15) is 0 Å². The van der Waals surface area contributed by atoms with Gasteiger partial charge in [-0.25, -0.2) is 0 Å². The molecule has 0 radical (unpaired) electrons. The minimum absolute atomic E-state index is 0.306. The summed E-state index contributed by atoms with van der Waals surface area (Å²) in [6, 6.07) is 7.42. The zero-order chi connectivity index (χ0) is 10.4. The van der Waals surface area contributed by atoms with Crippen LogP contribution in [0.5, 0.6) is 5.75 Å². The predicted octanol–water partition coefficient (Wildman–Crippen LogP) is 2.50. The second-order valence-electron chi connectivity index (χ2n) is 2.81. The summed E-state index contributed by atoms with van der Waals surface area (Å²) < 4.78 is 5.04. The molecule has 0 saturated carbocycles. The van der Waals surface area contributed by atoms with E-state index in [1.54, 1.807) is 12.1 Å². The molecule has 0 aliphatic heterocycles. The highest BCUT2D eigenvalue weighted by Crippen LogP contribution is 2.18. The van der Waals surface area contributed by atoms with E-state index in [1.807, 2.05) is 18.2 Å². The highest BCUT2D eigenvalue weighted by Gasteiger charge is 2.02. The van der Waals surface area contributed by atoms with Gasteiger partial charge in [0.15, 0.2) is 0 Å². The number of rotatable bonds is 3. The van der Waals surface area contributed by atoms with E-state index in [2.05, 4.69) is 12.3 Å². The molecule has 1 rings (SSSR count). The molecule has 0 amide bonds. The molecule has 0 atom stereocenters. The molecule has 2 nitrogen and oxygen atoms in total. The second-order valence-corrected chi connectivity index (χ2v) is 2.81. The van der Waals surface area contributed by atoms with Crippen LogP contribution in [0.1, 0.15) is 12.5 Å². The van der Waals surface area contributed by atoms with Crippen molar-refractivity contribution in [1.82, 2.24) is 0 Å².